The average molecular weight is 333 g/mol. The van der Waals surface area contributed by atoms with E-state index in [0.717, 1.165) is 0 Å². The number of rotatable bonds is 6. The quantitative estimate of drug-likeness (QED) is 0.516. The van der Waals surface area contributed by atoms with E-state index in [2.05, 4.69) is 4.98 Å². The molecule has 10 heteroatoms. The summed E-state index contributed by atoms with van der Waals surface area (Å²) < 4.78 is 5.01. The number of ether oxygens (including phenoxy) is 1. The highest BCUT2D eigenvalue weighted by molar-refractivity contribution is 5.72. The van der Waals surface area contributed by atoms with E-state index in [4.69, 9.17) is 9.84 Å². The van der Waals surface area contributed by atoms with Crippen LogP contribution in [0.1, 0.15) is 11.3 Å². The van der Waals surface area contributed by atoms with Gasteiger partial charge in [-0.15, -0.1) is 0 Å². The molecule has 0 bridgehead atoms. The van der Waals surface area contributed by atoms with Crippen molar-refractivity contribution in [2.75, 3.05) is 6.61 Å². The third-order valence-electron chi connectivity index (χ3n) is 2.79. The largest absolute Gasteiger partial charge is 0.482 e. The molecule has 1 heterocycles. The molecule has 1 aromatic carbocycles. The first-order valence-corrected chi connectivity index (χ1v) is 6.50. The molecule has 0 spiro atoms. The Hall–Kier alpha value is -3.69. The lowest BCUT2D eigenvalue weighted by Gasteiger charge is -2.03. The Morgan fingerprint density at radius 1 is 1.29 bits per heavy atom. The molecule has 0 aliphatic rings. The number of aromatic nitrogens is 2. The molecule has 10 nitrogen and oxygen atoms in total. The minimum Gasteiger partial charge on any atom is -0.482 e. The normalized spacial score (nSPS) is 10.7. The Labute approximate surface area is 133 Å². The molecule has 1 aromatic heterocycles. The molecule has 0 aliphatic carbocycles. The summed E-state index contributed by atoms with van der Waals surface area (Å²) in [5, 5.41) is 19.5. The van der Waals surface area contributed by atoms with Crippen LogP contribution in [-0.2, 0) is 4.79 Å². The minimum atomic E-state index is -1.13. The molecular formula is C14H11N3O7. The van der Waals surface area contributed by atoms with E-state index >= 15 is 0 Å². The van der Waals surface area contributed by atoms with Crippen molar-refractivity contribution in [2.24, 2.45) is 0 Å². The van der Waals surface area contributed by atoms with Gasteiger partial charge < -0.3 is 14.8 Å². The van der Waals surface area contributed by atoms with Crippen molar-refractivity contribution >= 4 is 23.8 Å². The molecule has 2 rings (SSSR count). The Balaban J connectivity index is 2.33. The van der Waals surface area contributed by atoms with Crippen LogP contribution in [-0.4, -0.2) is 32.6 Å². The van der Waals surface area contributed by atoms with Gasteiger partial charge in [-0.25, -0.2) is 9.59 Å². The molecule has 124 valence electrons. The zero-order valence-electron chi connectivity index (χ0n) is 12.0. The first kappa shape index (κ1) is 16.7. The maximum atomic E-state index is 11.5. The summed E-state index contributed by atoms with van der Waals surface area (Å²) in [6.45, 7) is -0.514. The van der Waals surface area contributed by atoms with E-state index in [0.29, 0.717) is 5.56 Å². The van der Waals surface area contributed by atoms with Crippen LogP contribution in [0.5, 0.6) is 5.75 Å². The van der Waals surface area contributed by atoms with Crippen molar-refractivity contribution < 1.29 is 19.6 Å². The smallest absolute Gasteiger partial charge is 0.357 e. The Morgan fingerprint density at radius 2 is 2.04 bits per heavy atom. The number of nitro groups is 1. The van der Waals surface area contributed by atoms with Gasteiger partial charge in [-0.2, -0.15) is 0 Å². The van der Waals surface area contributed by atoms with Gasteiger partial charge in [0, 0.05) is 0 Å². The molecule has 0 fully saturated rings. The maximum Gasteiger partial charge on any atom is 0.357 e. The molecule has 0 aliphatic heterocycles. The van der Waals surface area contributed by atoms with Crippen molar-refractivity contribution in [3.63, 3.8) is 0 Å². The van der Waals surface area contributed by atoms with Crippen molar-refractivity contribution in [3.05, 3.63) is 66.5 Å². The van der Waals surface area contributed by atoms with E-state index in [1.165, 1.54) is 24.3 Å². The van der Waals surface area contributed by atoms with Gasteiger partial charge in [-0.05, 0) is 23.8 Å². The van der Waals surface area contributed by atoms with Crippen LogP contribution < -0.4 is 16.0 Å². The van der Waals surface area contributed by atoms with E-state index in [1.54, 1.807) is 17.1 Å². The number of nitrogens with zero attached hydrogens (tertiary/aromatic N) is 1. The Morgan fingerprint density at radius 3 is 2.71 bits per heavy atom. The number of hydrogen-bond acceptors (Lipinski definition) is 6. The number of aliphatic carboxylic acids is 1. The summed E-state index contributed by atoms with van der Waals surface area (Å²) in [4.78, 5) is 47.2. The number of nitrogens with one attached hydrogen (secondary N) is 2. The zero-order valence-corrected chi connectivity index (χ0v) is 12.0. The van der Waals surface area contributed by atoms with Gasteiger partial charge in [0.1, 0.15) is 11.4 Å². The number of carboxylic acid groups (broad SMARTS) is 1. The van der Waals surface area contributed by atoms with E-state index < -0.39 is 34.4 Å². The van der Waals surface area contributed by atoms with Crippen molar-refractivity contribution in [1.29, 1.82) is 0 Å². The van der Waals surface area contributed by atoms with Crippen molar-refractivity contribution in [2.45, 2.75) is 0 Å². The monoisotopic (exact) mass is 333 g/mol. The van der Waals surface area contributed by atoms with E-state index in [-0.39, 0.29) is 11.4 Å². The predicted molar refractivity (Wildman–Crippen MR) is 82.8 cm³/mol. The predicted octanol–water partition coefficient (Wildman–Crippen LogP) is 0.605. The van der Waals surface area contributed by atoms with Crippen LogP contribution >= 0.6 is 0 Å². The third kappa shape index (κ3) is 4.16. The van der Waals surface area contributed by atoms with Crippen molar-refractivity contribution in [1.82, 2.24) is 9.97 Å². The molecule has 24 heavy (non-hydrogen) atoms. The first-order chi connectivity index (χ1) is 11.4. The number of carboxylic acids is 1. The van der Waals surface area contributed by atoms with Crippen LogP contribution in [0.3, 0.4) is 0 Å². The van der Waals surface area contributed by atoms with Gasteiger partial charge in [0.15, 0.2) is 6.61 Å². The lowest BCUT2D eigenvalue weighted by Crippen LogP contribution is -2.25. The second-order valence-corrected chi connectivity index (χ2v) is 4.52. The fourth-order valence-corrected chi connectivity index (χ4v) is 1.83. The van der Waals surface area contributed by atoms with Crippen LogP contribution in [0.25, 0.3) is 12.2 Å². The fraction of sp³-hybridized carbons (Fsp3) is 0.0714. The summed E-state index contributed by atoms with van der Waals surface area (Å²) in [5.41, 5.74) is -2.51. The molecular weight excluding hydrogens is 322 g/mol. The van der Waals surface area contributed by atoms with Crippen LogP contribution in [0, 0.1) is 10.1 Å². The summed E-state index contributed by atoms with van der Waals surface area (Å²) in [5.74, 6) is -0.846. The van der Waals surface area contributed by atoms with E-state index in [1.807, 2.05) is 0 Å². The summed E-state index contributed by atoms with van der Waals surface area (Å²) >= 11 is 0. The van der Waals surface area contributed by atoms with Gasteiger partial charge in [-0.3, -0.25) is 19.9 Å². The Bertz CT molecular complexity index is 926. The van der Waals surface area contributed by atoms with Crippen LogP contribution in [0.2, 0.25) is 0 Å². The Kier molecular flexibility index (Phi) is 4.90. The van der Waals surface area contributed by atoms with Crippen LogP contribution in [0.15, 0.2) is 33.9 Å². The van der Waals surface area contributed by atoms with Gasteiger partial charge in [0.2, 0.25) is 0 Å². The van der Waals surface area contributed by atoms with Gasteiger partial charge in [0.05, 0.1) is 4.92 Å². The van der Waals surface area contributed by atoms with Crippen LogP contribution in [0.4, 0.5) is 5.69 Å². The number of H-pyrrole nitrogens is 2. The van der Waals surface area contributed by atoms with E-state index in [9.17, 15) is 24.5 Å². The molecule has 0 amide bonds. The second kappa shape index (κ2) is 7.05. The number of carbonyl (C=O) groups is 1. The average Bonchev–Trinajstić information content (AvgIpc) is 2.50. The highest BCUT2D eigenvalue weighted by Crippen LogP contribution is 2.17. The summed E-state index contributed by atoms with van der Waals surface area (Å²) in [7, 11) is 0. The number of benzene rings is 1. The maximum absolute atomic E-state index is 11.5. The second-order valence-electron chi connectivity index (χ2n) is 4.52. The van der Waals surface area contributed by atoms with Gasteiger partial charge in [-0.1, -0.05) is 18.2 Å². The molecule has 0 saturated carbocycles. The first-order valence-electron chi connectivity index (χ1n) is 6.50. The number of aromatic amines is 2. The standard InChI is InChI=1S/C14H11N3O7/c18-11(19)7-24-9-3-1-2-8(6-9)4-5-10-12(17(22)23)13(20)16-14(21)15-10/h1-6H,7H2,(H,18,19)(H2,15,16,20,21). The molecule has 0 radical (unpaired) electrons. The highest BCUT2D eigenvalue weighted by Gasteiger charge is 2.18. The summed E-state index contributed by atoms with van der Waals surface area (Å²) in [6, 6.07) is 6.25. The lowest BCUT2D eigenvalue weighted by molar-refractivity contribution is -0.386. The molecule has 0 saturated heterocycles. The topological polar surface area (TPSA) is 155 Å². The SMILES string of the molecule is O=C(O)COc1cccc(C=Cc2[nH]c(=O)[nH]c(=O)c2[N+](=O)[O-])c1. The molecule has 0 unspecified atom stereocenters. The van der Waals surface area contributed by atoms with Gasteiger partial charge >= 0.3 is 22.9 Å². The zero-order chi connectivity index (χ0) is 17.7. The lowest BCUT2D eigenvalue weighted by atomic mass is 10.2. The van der Waals surface area contributed by atoms with Crippen molar-refractivity contribution in [3.8, 4) is 5.75 Å². The fourth-order valence-electron chi connectivity index (χ4n) is 1.83. The number of hydrogen-bond donors (Lipinski definition) is 3. The minimum absolute atomic E-state index is 0.259. The van der Waals surface area contributed by atoms with Gasteiger partial charge in [0.25, 0.3) is 0 Å². The highest BCUT2D eigenvalue weighted by atomic mass is 16.6. The third-order valence-corrected chi connectivity index (χ3v) is 2.79. The molecule has 0 atom stereocenters. The molecule has 3 N–H and O–H groups in total. The molecule has 2 aromatic rings. The summed E-state index contributed by atoms with van der Waals surface area (Å²) in [6.07, 6.45) is 2.61.